The summed E-state index contributed by atoms with van der Waals surface area (Å²) in [6.07, 6.45) is 1.34. The zero-order valence-electron chi connectivity index (χ0n) is 10.1. The van der Waals surface area contributed by atoms with Crippen molar-refractivity contribution in [1.29, 1.82) is 0 Å². The fraction of sp³-hybridized carbons (Fsp3) is 0.500. The van der Waals surface area contributed by atoms with E-state index in [9.17, 15) is 12.8 Å². The van der Waals surface area contributed by atoms with Gasteiger partial charge < -0.3 is 10.5 Å². The second kappa shape index (κ2) is 4.85. The maximum atomic E-state index is 13.2. The van der Waals surface area contributed by atoms with Gasteiger partial charge >= 0.3 is 0 Å². The van der Waals surface area contributed by atoms with Crippen LogP contribution in [-0.4, -0.2) is 26.4 Å². The minimum atomic E-state index is -3.56. The molecule has 100 valence electrons. The van der Waals surface area contributed by atoms with E-state index < -0.39 is 15.7 Å². The molecule has 0 amide bonds. The number of sulfone groups is 1. The van der Waals surface area contributed by atoms with Crippen molar-refractivity contribution in [2.45, 2.75) is 36.9 Å². The van der Waals surface area contributed by atoms with E-state index in [1.54, 1.807) is 0 Å². The van der Waals surface area contributed by atoms with Crippen molar-refractivity contribution in [3.8, 4) is 0 Å². The summed E-state index contributed by atoms with van der Waals surface area (Å²) in [6.45, 7) is 1.91. The number of rotatable bonds is 3. The van der Waals surface area contributed by atoms with Crippen LogP contribution in [0.15, 0.2) is 23.1 Å². The molecule has 4 nitrogen and oxygen atoms in total. The van der Waals surface area contributed by atoms with Crippen LogP contribution >= 0.6 is 0 Å². The van der Waals surface area contributed by atoms with Crippen molar-refractivity contribution in [2.75, 3.05) is 11.5 Å². The number of ether oxygens (including phenoxy) is 1. The van der Waals surface area contributed by atoms with E-state index in [0.717, 1.165) is 18.6 Å². The van der Waals surface area contributed by atoms with Crippen molar-refractivity contribution in [1.82, 2.24) is 0 Å². The van der Waals surface area contributed by atoms with Crippen molar-refractivity contribution in [3.63, 3.8) is 0 Å². The zero-order valence-corrected chi connectivity index (χ0v) is 10.9. The maximum Gasteiger partial charge on any atom is 0.181 e. The highest BCUT2D eigenvalue weighted by atomic mass is 32.2. The Labute approximate surface area is 106 Å². The van der Waals surface area contributed by atoms with Gasteiger partial charge in [0.2, 0.25) is 0 Å². The third-order valence-electron chi connectivity index (χ3n) is 2.98. The lowest BCUT2D eigenvalue weighted by Gasteiger charge is -2.12. The van der Waals surface area contributed by atoms with Crippen LogP contribution in [0.4, 0.5) is 10.1 Å². The van der Waals surface area contributed by atoms with Crippen LogP contribution in [0.1, 0.15) is 19.8 Å². The molecule has 2 atom stereocenters. The Bertz CT molecular complexity index is 524. The predicted octanol–water partition coefficient (Wildman–Crippen LogP) is 1.75. The van der Waals surface area contributed by atoms with Gasteiger partial charge in [-0.3, -0.25) is 0 Å². The molecule has 0 aliphatic carbocycles. The van der Waals surface area contributed by atoms with Crippen LogP contribution < -0.4 is 5.73 Å². The number of nitrogens with two attached hydrogens (primary N) is 1. The Hall–Kier alpha value is -1.14. The van der Waals surface area contributed by atoms with Gasteiger partial charge in [-0.15, -0.1) is 0 Å². The molecule has 0 aromatic heterocycles. The van der Waals surface area contributed by atoms with Crippen LogP contribution in [0.2, 0.25) is 0 Å². The molecule has 0 saturated carbocycles. The number of nitrogen functional groups attached to an aromatic ring is 1. The van der Waals surface area contributed by atoms with Crippen LogP contribution in [0.5, 0.6) is 0 Å². The molecule has 0 radical (unpaired) electrons. The average molecular weight is 273 g/mol. The van der Waals surface area contributed by atoms with Crippen LogP contribution in [0, 0.1) is 5.82 Å². The lowest BCUT2D eigenvalue weighted by Crippen LogP contribution is -2.21. The van der Waals surface area contributed by atoms with E-state index in [2.05, 4.69) is 0 Å². The number of benzene rings is 1. The fourth-order valence-electron chi connectivity index (χ4n) is 2.11. The van der Waals surface area contributed by atoms with Gasteiger partial charge in [0, 0.05) is 5.69 Å². The molecule has 2 unspecified atom stereocenters. The second-order valence-electron chi connectivity index (χ2n) is 4.65. The highest BCUT2D eigenvalue weighted by Gasteiger charge is 2.28. The summed E-state index contributed by atoms with van der Waals surface area (Å²) in [6, 6.07) is 3.36. The summed E-state index contributed by atoms with van der Waals surface area (Å²) in [5, 5.41) is 0. The highest BCUT2D eigenvalue weighted by Crippen LogP contribution is 2.24. The standard InChI is InChI=1S/C12H16FNO3S/c1-8-2-3-11(17-8)7-18(15,16)12-5-9(13)4-10(14)6-12/h4-6,8,11H,2-3,7,14H2,1H3. The third kappa shape index (κ3) is 3.00. The molecule has 0 spiro atoms. The number of hydrogen-bond acceptors (Lipinski definition) is 4. The summed E-state index contributed by atoms with van der Waals surface area (Å²) in [5.74, 6) is -0.769. The first-order chi connectivity index (χ1) is 8.37. The summed E-state index contributed by atoms with van der Waals surface area (Å²) >= 11 is 0. The van der Waals surface area contributed by atoms with E-state index in [1.165, 1.54) is 6.07 Å². The fourth-order valence-corrected chi connectivity index (χ4v) is 3.65. The van der Waals surface area contributed by atoms with E-state index in [4.69, 9.17) is 10.5 Å². The Balaban J connectivity index is 2.20. The summed E-state index contributed by atoms with van der Waals surface area (Å²) in [4.78, 5) is -0.0804. The first-order valence-electron chi connectivity index (χ1n) is 5.81. The minimum Gasteiger partial charge on any atom is -0.399 e. The Morgan fingerprint density at radius 2 is 2.11 bits per heavy atom. The van der Waals surface area contributed by atoms with Gasteiger partial charge in [0.15, 0.2) is 9.84 Å². The topological polar surface area (TPSA) is 69.4 Å². The third-order valence-corrected chi connectivity index (χ3v) is 4.74. The van der Waals surface area contributed by atoms with E-state index in [0.29, 0.717) is 6.42 Å². The first kappa shape index (κ1) is 13.3. The van der Waals surface area contributed by atoms with E-state index in [-0.39, 0.29) is 28.5 Å². The number of hydrogen-bond donors (Lipinski definition) is 1. The molecule has 1 saturated heterocycles. The van der Waals surface area contributed by atoms with Crippen molar-refractivity contribution >= 4 is 15.5 Å². The average Bonchev–Trinajstić information content (AvgIpc) is 2.61. The molecule has 1 aromatic rings. The molecular weight excluding hydrogens is 257 g/mol. The summed E-state index contributed by atoms with van der Waals surface area (Å²) < 4.78 is 42.8. The van der Waals surface area contributed by atoms with Gasteiger partial charge in [-0.1, -0.05) is 0 Å². The zero-order chi connectivity index (χ0) is 13.3. The summed E-state index contributed by atoms with van der Waals surface area (Å²) in [7, 11) is -3.56. The summed E-state index contributed by atoms with van der Waals surface area (Å²) in [5.41, 5.74) is 5.56. The van der Waals surface area contributed by atoms with Gasteiger partial charge in [0.05, 0.1) is 22.9 Å². The molecule has 6 heteroatoms. The van der Waals surface area contributed by atoms with Gasteiger partial charge in [0.1, 0.15) is 5.82 Å². The Kier molecular flexibility index (Phi) is 3.59. The normalized spacial score (nSPS) is 24.3. The molecule has 1 aliphatic heterocycles. The van der Waals surface area contributed by atoms with Crippen LogP contribution in [0.25, 0.3) is 0 Å². The minimum absolute atomic E-state index is 0.0804. The van der Waals surface area contributed by atoms with Crippen molar-refractivity contribution in [2.24, 2.45) is 0 Å². The van der Waals surface area contributed by atoms with Crippen LogP contribution in [-0.2, 0) is 14.6 Å². The van der Waals surface area contributed by atoms with Gasteiger partial charge in [-0.05, 0) is 38.0 Å². The maximum absolute atomic E-state index is 13.2. The van der Waals surface area contributed by atoms with Gasteiger partial charge in [-0.25, -0.2) is 12.8 Å². The predicted molar refractivity (Wildman–Crippen MR) is 66.4 cm³/mol. The molecule has 2 N–H and O–H groups in total. The van der Waals surface area contributed by atoms with Crippen molar-refractivity contribution < 1.29 is 17.5 Å². The van der Waals surface area contributed by atoms with E-state index >= 15 is 0 Å². The lowest BCUT2D eigenvalue weighted by molar-refractivity contribution is 0.0690. The van der Waals surface area contributed by atoms with Crippen molar-refractivity contribution in [3.05, 3.63) is 24.0 Å². The lowest BCUT2D eigenvalue weighted by atomic mass is 10.2. The van der Waals surface area contributed by atoms with Gasteiger partial charge in [-0.2, -0.15) is 0 Å². The SMILES string of the molecule is CC1CCC(CS(=O)(=O)c2cc(N)cc(F)c2)O1. The number of halogens is 1. The second-order valence-corrected chi connectivity index (χ2v) is 6.68. The quantitative estimate of drug-likeness (QED) is 0.852. The Morgan fingerprint density at radius 1 is 1.39 bits per heavy atom. The molecule has 0 bridgehead atoms. The largest absolute Gasteiger partial charge is 0.399 e. The van der Waals surface area contributed by atoms with E-state index in [1.807, 2.05) is 6.92 Å². The molecule has 2 rings (SSSR count). The number of anilines is 1. The Morgan fingerprint density at radius 3 is 2.67 bits per heavy atom. The molecule has 1 aliphatic rings. The monoisotopic (exact) mass is 273 g/mol. The smallest absolute Gasteiger partial charge is 0.181 e. The molecule has 1 fully saturated rings. The molecule has 1 heterocycles. The highest BCUT2D eigenvalue weighted by molar-refractivity contribution is 7.91. The first-order valence-corrected chi connectivity index (χ1v) is 7.46. The van der Waals surface area contributed by atoms with Gasteiger partial charge in [0.25, 0.3) is 0 Å². The molecular formula is C12H16FNO3S. The van der Waals surface area contributed by atoms with Crippen LogP contribution in [0.3, 0.4) is 0 Å². The molecule has 1 aromatic carbocycles. The molecule has 18 heavy (non-hydrogen) atoms.